The summed E-state index contributed by atoms with van der Waals surface area (Å²) in [5.41, 5.74) is 0.403. The lowest BCUT2D eigenvalue weighted by molar-refractivity contribution is -0.141. The fourth-order valence-electron chi connectivity index (χ4n) is 1.44. The smallest absolute Gasteiger partial charge is 0.306 e. The minimum atomic E-state index is -1.35. The topological polar surface area (TPSA) is 107 Å². The van der Waals surface area contributed by atoms with Gasteiger partial charge in [-0.05, 0) is 17.7 Å². The van der Waals surface area contributed by atoms with Crippen LogP contribution in [0, 0.1) is 0 Å². The van der Waals surface area contributed by atoms with E-state index in [2.05, 4.69) is 0 Å². The molecule has 1 rings (SSSR count). The maximum Gasteiger partial charge on any atom is 0.306 e. The van der Waals surface area contributed by atoms with Crippen LogP contribution in [0.4, 0.5) is 0 Å². The first-order valence-corrected chi connectivity index (χ1v) is 5.46. The molecule has 0 spiro atoms. The molecule has 100 valence electrons. The second kappa shape index (κ2) is 6.95. The molecular weight excluding hydrogens is 240 g/mol. The van der Waals surface area contributed by atoms with Crippen molar-refractivity contribution in [2.75, 3.05) is 13.2 Å². The predicted molar refractivity (Wildman–Crippen MR) is 62.2 cm³/mol. The Morgan fingerprint density at radius 2 is 1.83 bits per heavy atom. The van der Waals surface area contributed by atoms with Crippen molar-refractivity contribution in [1.29, 1.82) is 0 Å². The second-order valence-electron chi connectivity index (χ2n) is 3.75. The molecule has 0 saturated heterocycles. The molecule has 2 atom stereocenters. The first kappa shape index (κ1) is 14.4. The van der Waals surface area contributed by atoms with Crippen LogP contribution < -0.4 is 4.74 Å². The quantitative estimate of drug-likeness (QED) is 0.544. The van der Waals surface area contributed by atoms with Gasteiger partial charge in [0.2, 0.25) is 0 Å². The summed E-state index contributed by atoms with van der Waals surface area (Å²) in [6.07, 6.45) is -3.14. The molecular formula is C12H16O6. The maximum absolute atomic E-state index is 10.4. The van der Waals surface area contributed by atoms with E-state index in [1.807, 2.05) is 0 Å². The first-order valence-electron chi connectivity index (χ1n) is 5.46. The highest BCUT2D eigenvalue weighted by Crippen LogP contribution is 2.21. The van der Waals surface area contributed by atoms with Crippen LogP contribution in [0.25, 0.3) is 0 Å². The number of carboxylic acids is 1. The molecule has 0 fully saturated rings. The van der Waals surface area contributed by atoms with Crippen molar-refractivity contribution in [1.82, 2.24) is 0 Å². The van der Waals surface area contributed by atoms with Gasteiger partial charge in [0.25, 0.3) is 0 Å². The summed E-state index contributed by atoms with van der Waals surface area (Å²) >= 11 is 0. The molecule has 6 nitrogen and oxygen atoms in total. The van der Waals surface area contributed by atoms with Gasteiger partial charge in [0.05, 0.1) is 19.1 Å². The zero-order valence-corrected chi connectivity index (χ0v) is 9.69. The van der Waals surface area contributed by atoms with Crippen molar-refractivity contribution in [3.8, 4) is 5.75 Å². The van der Waals surface area contributed by atoms with Crippen LogP contribution in [0.3, 0.4) is 0 Å². The standard InChI is InChI=1S/C12H16O6/c13-5-6-18-9-3-1-8(2-4-9)12(17)10(14)7-11(15)16/h1-4,10,12-14,17H,5-7H2,(H,15,16). The number of hydrogen-bond donors (Lipinski definition) is 4. The molecule has 0 heterocycles. The molecule has 0 aliphatic rings. The molecule has 0 radical (unpaired) electrons. The highest BCUT2D eigenvalue weighted by Gasteiger charge is 2.20. The third-order valence-electron chi connectivity index (χ3n) is 2.33. The summed E-state index contributed by atoms with van der Waals surface area (Å²) in [6, 6.07) is 6.20. The van der Waals surface area contributed by atoms with Crippen LogP contribution in [0.2, 0.25) is 0 Å². The summed E-state index contributed by atoms with van der Waals surface area (Å²) in [4.78, 5) is 10.4. The van der Waals surface area contributed by atoms with E-state index in [4.69, 9.17) is 14.9 Å². The number of aliphatic hydroxyl groups is 3. The molecule has 0 aromatic heterocycles. The maximum atomic E-state index is 10.4. The third-order valence-corrected chi connectivity index (χ3v) is 2.33. The summed E-state index contributed by atoms with van der Waals surface area (Å²) in [5, 5.41) is 36.2. The molecule has 0 amide bonds. The van der Waals surface area contributed by atoms with Crippen molar-refractivity contribution < 1.29 is 30.0 Å². The van der Waals surface area contributed by atoms with Crippen LogP contribution >= 0.6 is 0 Å². The van der Waals surface area contributed by atoms with Crippen LogP contribution in [0.15, 0.2) is 24.3 Å². The van der Waals surface area contributed by atoms with E-state index in [9.17, 15) is 15.0 Å². The normalized spacial score (nSPS) is 13.9. The van der Waals surface area contributed by atoms with Crippen molar-refractivity contribution in [3.63, 3.8) is 0 Å². The second-order valence-corrected chi connectivity index (χ2v) is 3.75. The number of carbonyl (C=O) groups is 1. The zero-order chi connectivity index (χ0) is 13.5. The van der Waals surface area contributed by atoms with Gasteiger partial charge < -0.3 is 25.2 Å². The van der Waals surface area contributed by atoms with E-state index >= 15 is 0 Å². The summed E-state index contributed by atoms with van der Waals surface area (Å²) < 4.78 is 5.13. The van der Waals surface area contributed by atoms with Crippen LogP contribution in [-0.2, 0) is 4.79 Å². The number of ether oxygens (including phenoxy) is 1. The molecule has 6 heteroatoms. The number of aliphatic hydroxyl groups excluding tert-OH is 3. The first-order chi connectivity index (χ1) is 8.54. The Hall–Kier alpha value is -1.63. The summed E-state index contributed by atoms with van der Waals surface area (Å²) in [7, 11) is 0. The van der Waals surface area contributed by atoms with Gasteiger partial charge in [0.1, 0.15) is 18.5 Å². The summed E-state index contributed by atoms with van der Waals surface area (Å²) in [6.45, 7) is 0.0746. The molecule has 0 aliphatic heterocycles. The van der Waals surface area contributed by atoms with Gasteiger partial charge in [-0.1, -0.05) is 12.1 Å². The molecule has 0 aliphatic carbocycles. The Balaban J connectivity index is 2.63. The van der Waals surface area contributed by atoms with E-state index < -0.39 is 24.6 Å². The van der Waals surface area contributed by atoms with E-state index in [-0.39, 0.29) is 13.2 Å². The van der Waals surface area contributed by atoms with E-state index in [0.717, 1.165) is 0 Å². The van der Waals surface area contributed by atoms with Gasteiger partial charge in [-0.3, -0.25) is 4.79 Å². The summed E-state index contributed by atoms with van der Waals surface area (Å²) in [5.74, 6) is -0.655. The van der Waals surface area contributed by atoms with Gasteiger partial charge in [-0.25, -0.2) is 0 Å². The van der Waals surface area contributed by atoms with Crippen molar-refractivity contribution >= 4 is 5.97 Å². The predicted octanol–water partition coefficient (Wildman–Crippen LogP) is -0.0733. The molecule has 1 aromatic carbocycles. The Kier molecular flexibility index (Phi) is 5.57. The zero-order valence-electron chi connectivity index (χ0n) is 9.69. The SMILES string of the molecule is O=C(O)CC(O)C(O)c1ccc(OCCO)cc1. The van der Waals surface area contributed by atoms with Gasteiger partial charge in [-0.2, -0.15) is 0 Å². The Bertz CT molecular complexity index is 375. The number of carboxylic acid groups (broad SMARTS) is 1. The monoisotopic (exact) mass is 256 g/mol. The average molecular weight is 256 g/mol. The molecule has 2 unspecified atom stereocenters. The molecule has 0 bridgehead atoms. The van der Waals surface area contributed by atoms with E-state index in [0.29, 0.717) is 11.3 Å². The Morgan fingerprint density at radius 1 is 1.22 bits per heavy atom. The van der Waals surface area contributed by atoms with Crippen molar-refractivity contribution in [2.45, 2.75) is 18.6 Å². The largest absolute Gasteiger partial charge is 0.491 e. The lowest BCUT2D eigenvalue weighted by Gasteiger charge is -2.16. The number of rotatable bonds is 7. The number of aliphatic carboxylic acids is 1. The van der Waals surface area contributed by atoms with Gasteiger partial charge in [0.15, 0.2) is 0 Å². The molecule has 0 saturated carbocycles. The van der Waals surface area contributed by atoms with Crippen molar-refractivity contribution in [3.05, 3.63) is 29.8 Å². The third kappa shape index (κ3) is 4.33. The molecule has 4 N–H and O–H groups in total. The van der Waals surface area contributed by atoms with Gasteiger partial charge in [-0.15, -0.1) is 0 Å². The highest BCUT2D eigenvalue weighted by atomic mass is 16.5. The van der Waals surface area contributed by atoms with E-state index in [1.165, 1.54) is 12.1 Å². The van der Waals surface area contributed by atoms with Crippen LogP contribution in [0.1, 0.15) is 18.1 Å². The van der Waals surface area contributed by atoms with Crippen LogP contribution in [-0.4, -0.2) is 45.7 Å². The van der Waals surface area contributed by atoms with Gasteiger partial charge >= 0.3 is 5.97 Å². The van der Waals surface area contributed by atoms with Crippen molar-refractivity contribution in [2.24, 2.45) is 0 Å². The van der Waals surface area contributed by atoms with Crippen LogP contribution in [0.5, 0.6) is 5.75 Å². The fourth-order valence-corrected chi connectivity index (χ4v) is 1.44. The minimum absolute atomic E-state index is 0.0955. The lowest BCUT2D eigenvalue weighted by Crippen LogP contribution is -2.21. The molecule has 1 aromatic rings. The lowest BCUT2D eigenvalue weighted by atomic mass is 10.0. The minimum Gasteiger partial charge on any atom is -0.491 e. The van der Waals surface area contributed by atoms with Gasteiger partial charge in [0, 0.05) is 0 Å². The van der Waals surface area contributed by atoms with E-state index in [1.54, 1.807) is 12.1 Å². The number of benzene rings is 1. The molecule has 18 heavy (non-hydrogen) atoms. The number of hydrogen-bond acceptors (Lipinski definition) is 5. The highest BCUT2D eigenvalue weighted by molar-refractivity contribution is 5.67. The Labute approximate surface area is 104 Å². The Morgan fingerprint density at radius 3 is 2.33 bits per heavy atom. The fraction of sp³-hybridized carbons (Fsp3) is 0.417. The average Bonchev–Trinajstić information content (AvgIpc) is 2.35.